The molecule has 3 aromatic rings. The molecule has 0 aliphatic rings. The highest BCUT2D eigenvalue weighted by Crippen LogP contribution is 2.37. The number of fused-ring (bicyclic) bond motifs is 1. The quantitative estimate of drug-likeness (QED) is 0.660. The molecule has 0 aliphatic carbocycles. The SMILES string of the molecule is CC(C)(c1nccc(Br)c1O)n1cnc2c(Cl)nc(N)nc21. The summed E-state index contributed by atoms with van der Waals surface area (Å²) in [4.78, 5) is 16.6. The summed E-state index contributed by atoms with van der Waals surface area (Å²) in [5.41, 5.74) is 6.32. The average Bonchev–Trinajstić information content (AvgIpc) is 2.86. The third kappa shape index (κ3) is 2.19. The number of aromatic nitrogens is 5. The van der Waals surface area contributed by atoms with Crippen LogP contribution in [0.15, 0.2) is 23.1 Å². The number of rotatable bonds is 2. The molecule has 0 amide bonds. The minimum atomic E-state index is -0.729. The Labute approximate surface area is 139 Å². The summed E-state index contributed by atoms with van der Waals surface area (Å²) in [5.74, 6) is 0.115. The van der Waals surface area contributed by atoms with Gasteiger partial charge in [-0.2, -0.15) is 9.97 Å². The summed E-state index contributed by atoms with van der Waals surface area (Å²) >= 11 is 9.34. The molecule has 22 heavy (non-hydrogen) atoms. The van der Waals surface area contributed by atoms with Crippen molar-refractivity contribution in [2.75, 3.05) is 5.73 Å². The van der Waals surface area contributed by atoms with Gasteiger partial charge in [0.25, 0.3) is 0 Å². The topological polar surface area (TPSA) is 103 Å². The first-order chi connectivity index (χ1) is 10.3. The fourth-order valence-corrected chi connectivity index (χ4v) is 2.81. The van der Waals surface area contributed by atoms with Gasteiger partial charge in [0.05, 0.1) is 16.3 Å². The molecule has 3 heterocycles. The second kappa shape index (κ2) is 5.06. The number of imidazole rings is 1. The van der Waals surface area contributed by atoms with Gasteiger partial charge in [0.2, 0.25) is 5.95 Å². The smallest absolute Gasteiger partial charge is 0.223 e. The number of halogens is 2. The van der Waals surface area contributed by atoms with Crippen molar-refractivity contribution in [2.24, 2.45) is 0 Å². The summed E-state index contributed by atoms with van der Waals surface area (Å²) in [5, 5.41) is 10.5. The van der Waals surface area contributed by atoms with Gasteiger partial charge in [-0.15, -0.1) is 0 Å². The lowest BCUT2D eigenvalue weighted by Gasteiger charge is -2.27. The van der Waals surface area contributed by atoms with Crippen LogP contribution in [-0.2, 0) is 5.54 Å². The van der Waals surface area contributed by atoms with Gasteiger partial charge in [0.1, 0.15) is 11.2 Å². The minimum absolute atomic E-state index is 0.0569. The molecule has 3 aromatic heterocycles. The fraction of sp³-hybridized carbons (Fsp3) is 0.231. The molecule has 0 saturated heterocycles. The maximum Gasteiger partial charge on any atom is 0.223 e. The zero-order valence-electron chi connectivity index (χ0n) is 11.7. The van der Waals surface area contributed by atoms with Crippen molar-refractivity contribution in [1.29, 1.82) is 0 Å². The Bertz CT molecular complexity index is 878. The van der Waals surface area contributed by atoms with Crippen molar-refractivity contribution in [3.05, 3.63) is 33.9 Å². The van der Waals surface area contributed by atoms with Crippen LogP contribution in [0.5, 0.6) is 5.75 Å². The van der Waals surface area contributed by atoms with Crippen LogP contribution in [0.1, 0.15) is 19.5 Å². The third-order valence-corrected chi connectivity index (χ3v) is 4.33. The van der Waals surface area contributed by atoms with Crippen LogP contribution in [0.3, 0.4) is 0 Å². The van der Waals surface area contributed by atoms with E-state index in [0.29, 0.717) is 21.3 Å². The number of aromatic hydroxyl groups is 1. The van der Waals surface area contributed by atoms with Gasteiger partial charge < -0.3 is 15.4 Å². The van der Waals surface area contributed by atoms with Crippen LogP contribution in [0.4, 0.5) is 5.95 Å². The van der Waals surface area contributed by atoms with Crippen molar-refractivity contribution in [3.8, 4) is 5.75 Å². The van der Waals surface area contributed by atoms with Gasteiger partial charge in [-0.3, -0.25) is 4.98 Å². The summed E-state index contributed by atoms with van der Waals surface area (Å²) in [6, 6.07) is 1.66. The molecule has 0 fully saturated rings. The van der Waals surface area contributed by atoms with Gasteiger partial charge in [0, 0.05) is 6.20 Å². The van der Waals surface area contributed by atoms with Gasteiger partial charge >= 0.3 is 0 Å². The van der Waals surface area contributed by atoms with E-state index in [2.05, 4.69) is 35.9 Å². The van der Waals surface area contributed by atoms with Gasteiger partial charge in [-0.1, -0.05) is 11.6 Å². The highest BCUT2D eigenvalue weighted by atomic mass is 79.9. The monoisotopic (exact) mass is 382 g/mol. The number of hydrogen-bond acceptors (Lipinski definition) is 6. The van der Waals surface area contributed by atoms with Crippen molar-refractivity contribution >= 4 is 44.6 Å². The highest BCUT2D eigenvalue weighted by molar-refractivity contribution is 9.10. The number of nitrogens with two attached hydrogens (primary N) is 1. The first-order valence-corrected chi connectivity index (χ1v) is 7.50. The number of anilines is 1. The number of hydrogen-bond donors (Lipinski definition) is 2. The largest absolute Gasteiger partial charge is 0.505 e. The highest BCUT2D eigenvalue weighted by Gasteiger charge is 2.31. The van der Waals surface area contributed by atoms with Crippen LogP contribution in [0.25, 0.3) is 11.2 Å². The Hall–Kier alpha value is -1.93. The van der Waals surface area contributed by atoms with E-state index in [1.54, 1.807) is 23.2 Å². The van der Waals surface area contributed by atoms with Crippen LogP contribution < -0.4 is 5.73 Å². The third-order valence-electron chi connectivity index (χ3n) is 3.43. The van der Waals surface area contributed by atoms with Crippen LogP contribution >= 0.6 is 27.5 Å². The number of nitrogen functional groups attached to an aromatic ring is 1. The minimum Gasteiger partial charge on any atom is -0.505 e. The lowest BCUT2D eigenvalue weighted by atomic mass is 9.98. The molecule has 0 radical (unpaired) electrons. The molecule has 0 saturated carbocycles. The Morgan fingerprint density at radius 2 is 2.05 bits per heavy atom. The molecular formula is C13H12BrClN6O. The fourth-order valence-electron chi connectivity index (χ4n) is 2.28. The molecular weight excluding hydrogens is 372 g/mol. The lowest BCUT2D eigenvalue weighted by Crippen LogP contribution is -2.28. The molecule has 114 valence electrons. The summed E-state index contributed by atoms with van der Waals surface area (Å²) < 4.78 is 2.31. The molecule has 3 N–H and O–H groups in total. The van der Waals surface area contributed by atoms with E-state index in [-0.39, 0.29) is 16.9 Å². The Morgan fingerprint density at radius 1 is 1.32 bits per heavy atom. The van der Waals surface area contributed by atoms with E-state index in [1.165, 1.54) is 0 Å². The van der Waals surface area contributed by atoms with Crippen molar-refractivity contribution in [3.63, 3.8) is 0 Å². The standard InChI is InChI=1S/C13H12BrClN6O/c1-13(2,9-8(22)6(14)3-4-17-9)21-5-18-7-10(15)19-12(16)20-11(7)21/h3-5,22H,1-2H3,(H2,16,19,20). The van der Waals surface area contributed by atoms with Gasteiger partial charge in [-0.25, -0.2) is 4.98 Å². The predicted molar refractivity (Wildman–Crippen MR) is 86.8 cm³/mol. The maximum atomic E-state index is 10.3. The maximum absolute atomic E-state index is 10.3. The molecule has 0 aromatic carbocycles. The van der Waals surface area contributed by atoms with Crippen LogP contribution in [0, 0.1) is 0 Å². The molecule has 9 heteroatoms. The van der Waals surface area contributed by atoms with Gasteiger partial charge in [0.15, 0.2) is 16.5 Å². The molecule has 0 aliphatic heterocycles. The summed E-state index contributed by atoms with van der Waals surface area (Å²) in [7, 11) is 0. The Balaban J connectivity index is 2.27. The number of pyridine rings is 1. The zero-order valence-corrected chi connectivity index (χ0v) is 14.1. The van der Waals surface area contributed by atoms with E-state index >= 15 is 0 Å². The molecule has 0 unspecified atom stereocenters. The van der Waals surface area contributed by atoms with E-state index < -0.39 is 5.54 Å². The Kier molecular flexibility index (Phi) is 3.45. The molecule has 0 spiro atoms. The summed E-state index contributed by atoms with van der Waals surface area (Å²) in [6.45, 7) is 3.77. The normalized spacial score (nSPS) is 12.0. The zero-order chi connectivity index (χ0) is 16.1. The van der Waals surface area contributed by atoms with E-state index in [4.69, 9.17) is 17.3 Å². The van der Waals surface area contributed by atoms with E-state index in [0.717, 1.165) is 0 Å². The molecule has 3 rings (SSSR count). The van der Waals surface area contributed by atoms with Crippen molar-refractivity contribution in [2.45, 2.75) is 19.4 Å². The molecule has 7 nitrogen and oxygen atoms in total. The second-order valence-electron chi connectivity index (χ2n) is 5.21. The lowest BCUT2D eigenvalue weighted by molar-refractivity contribution is 0.387. The molecule has 0 atom stereocenters. The molecule has 0 bridgehead atoms. The van der Waals surface area contributed by atoms with Crippen LogP contribution in [0.2, 0.25) is 5.15 Å². The van der Waals surface area contributed by atoms with E-state index in [1.807, 2.05) is 13.8 Å². The first kappa shape index (κ1) is 15.0. The van der Waals surface area contributed by atoms with E-state index in [9.17, 15) is 5.11 Å². The second-order valence-corrected chi connectivity index (χ2v) is 6.42. The van der Waals surface area contributed by atoms with Crippen LogP contribution in [-0.4, -0.2) is 29.6 Å². The Morgan fingerprint density at radius 3 is 2.77 bits per heavy atom. The first-order valence-electron chi connectivity index (χ1n) is 6.33. The summed E-state index contributed by atoms with van der Waals surface area (Å²) in [6.07, 6.45) is 3.18. The predicted octanol–water partition coefficient (Wildman–Crippen LogP) is 2.71. The van der Waals surface area contributed by atoms with Crippen molar-refractivity contribution < 1.29 is 5.11 Å². The van der Waals surface area contributed by atoms with Crippen molar-refractivity contribution in [1.82, 2.24) is 24.5 Å². The average molecular weight is 384 g/mol. The number of nitrogens with zero attached hydrogens (tertiary/aromatic N) is 5. The van der Waals surface area contributed by atoms with Gasteiger partial charge in [-0.05, 0) is 35.8 Å².